The molecular formula is C47H58N12O11. The number of benzene rings is 2. The molecule has 3 aliphatic heterocycles. The van der Waals surface area contributed by atoms with Gasteiger partial charge in [0, 0.05) is 75.9 Å². The molecule has 4 aromatic rings. The Labute approximate surface area is 403 Å². The third kappa shape index (κ3) is 11.0. The van der Waals surface area contributed by atoms with Gasteiger partial charge in [0.1, 0.15) is 6.04 Å². The predicted molar refractivity (Wildman–Crippen MR) is 253 cm³/mol. The van der Waals surface area contributed by atoms with Gasteiger partial charge >= 0.3 is 0 Å². The number of hydrogen-bond acceptors (Lipinski definition) is 18. The van der Waals surface area contributed by atoms with E-state index >= 15 is 0 Å². The number of imide groups is 2. The van der Waals surface area contributed by atoms with Crippen LogP contribution in [0.15, 0.2) is 36.5 Å². The molecule has 6 amide bonds. The Bertz CT molecular complexity index is 2630. The molecule has 1 unspecified atom stereocenters. The Morgan fingerprint density at radius 1 is 0.843 bits per heavy atom. The van der Waals surface area contributed by atoms with E-state index in [-0.39, 0.29) is 54.7 Å². The van der Waals surface area contributed by atoms with Crippen molar-refractivity contribution in [3.8, 4) is 17.1 Å². The molecule has 0 radical (unpaired) electrons. The van der Waals surface area contributed by atoms with E-state index in [4.69, 9.17) is 34.4 Å². The summed E-state index contributed by atoms with van der Waals surface area (Å²) in [6.45, 7) is 6.42. The predicted octanol–water partition coefficient (Wildman–Crippen LogP) is 0.888. The van der Waals surface area contributed by atoms with Crippen LogP contribution >= 0.6 is 0 Å². The Morgan fingerprint density at radius 2 is 1.54 bits per heavy atom. The van der Waals surface area contributed by atoms with E-state index in [0.717, 1.165) is 47.9 Å². The Balaban J connectivity index is 0.738. The maximum atomic E-state index is 13.8. The number of primary amides is 1. The first-order valence-electron chi connectivity index (χ1n) is 23.3. The third-order valence-electron chi connectivity index (χ3n) is 12.4. The molecule has 2 fully saturated rings. The van der Waals surface area contributed by atoms with Crippen LogP contribution in [0.2, 0.25) is 0 Å². The van der Waals surface area contributed by atoms with Gasteiger partial charge in [0.05, 0.1) is 93.7 Å². The van der Waals surface area contributed by atoms with Crippen molar-refractivity contribution in [3.63, 3.8) is 0 Å². The summed E-state index contributed by atoms with van der Waals surface area (Å²) in [6.07, 6.45) is 3.11. The van der Waals surface area contributed by atoms with Gasteiger partial charge in [0.2, 0.25) is 17.8 Å². The summed E-state index contributed by atoms with van der Waals surface area (Å²) in [4.78, 5) is 91.1. The lowest BCUT2D eigenvalue weighted by Crippen LogP contribution is -2.54. The number of nitrogens with zero attached hydrogens (tertiary/aromatic N) is 7. The molecule has 2 aromatic heterocycles. The molecule has 2 aromatic carbocycles. The number of methoxy groups -OCH3 is 1. The highest BCUT2D eigenvalue weighted by molar-refractivity contribution is 6.25. The van der Waals surface area contributed by atoms with Crippen LogP contribution in [0.1, 0.15) is 65.5 Å². The number of piperidine rings is 1. The number of likely N-dealkylation sites (N-methyl/N-ethyl adjacent to an activating group) is 1. The second-order valence-corrected chi connectivity index (χ2v) is 17.0. The molecule has 1 aliphatic carbocycles. The summed E-state index contributed by atoms with van der Waals surface area (Å²) in [5, 5.41) is 16.0. The van der Waals surface area contributed by atoms with Crippen molar-refractivity contribution in [2.75, 3.05) is 122 Å². The van der Waals surface area contributed by atoms with Crippen LogP contribution in [0, 0.1) is 0 Å². The summed E-state index contributed by atoms with van der Waals surface area (Å²) in [5.74, 6) is -2.56. The molecule has 372 valence electrons. The van der Waals surface area contributed by atoms with Crippen LogP contribution < -0.4 is 36.6 Å². The molecule has 23 nitrogen and oxygen atoms in total. The zero-order valence-electron chi connectivity index (χ0n) is 39.5. The van der Waals surface area contributed by atoms with Crippen LogP contribution in [-0.2, 0) is 48.4 Å². The number of amides is 6. The highest BCUT2D eigenvalue weighted by atomic mass is 16.6. The maximum absolute atomic E-state index is 13.8. The van der Waals surface area contributed by atoms with Crippen molar-refractivity contribution in [1.82, 2.24) is 40.2 Å². The Hall–Kier alpha value is -7.05. The number of fused-ring (bicyclic) bond motifs is 4. The van der Waals surface area contributed by atoms with E-state index in [1.54, 1.807) is 36.1 Å². The number of hydrogen-bond donors (Lipinski definition) is 5. The van der Waals surface area contributed by atoms with Gasteiger partial charge in [-0.15, -0.1) is 0 Å². The van der Waals surface area contributed by atoms with Crippen LogP contribution in [0.4, 0.5) is 23.0 Å². The molecule has 4 aliphatic rings. The minimum atomic E-state index is -1.03. The number of nitrogens with two attached hydrogens (primary N) is 1. The number of anilines is 4. The van der Waals surface area contributed by atoms with Crippen molar-refractivity contribution < 1.29 is 52.5 Å². The average molecular weight is 967 g/mol. The molecule has 5 heterocycles. The lowest BCUT2D eigenvalue weighted by atomic mass is 9.93. The second kappa shape index (κ2) is 22.6. The number of ether oxygens (including phenoxy) is 5. The third-order valence-corrected chi connectivity index (χ3v) is 12.4. The fraction of sp³-hybridized carbons (Fsp3) is 0.468. The first kappa shape index (κ1) is 49.4. The van der Waals surface area contributed by atoms with Gasteiger partial charge in [-0.2, -0.15) is 5.10 Å². The van der Waals surface area contributed by atoms with Crippen LogP contribution in [-0.4, -0.2) is 177 Å². The maximum Gasteiger partial charge on any atom is 0.269 e. The number of carbonyl (C=O) groups is 6. The molecule has 6 N–H and O–H groups in total. The van der Waals surface area contributed by atoms with Crippen LogP contribution in [0.3, 0.4) is 0 Å². The van der Waals surface area contributed by atoms with Crippen molar-refractivity contribution in [1.29, 1.82) is 0 Å². The first-order valence-corrected chi connectivity index (χ1v) is 23.3. The quantitative estimate of drug-likeness (QED) is 0.0510. The van der Waals surface area contributed by atoms with E-state index in [1.165, 1.54) is 7.11 Å². The summed E-state index contributed by atoms with van der Waals surface area (Å²) in [5.41, 5.74) is 11.4. The van der Waals surface area contributed by atoms with E-state index in [1.807, 2.05) is 12.1 Å². The average Bonchev–Trinajstić information content (AvgIpc) is 3.83. The van der Waals surface area contributed by atoms with Crippen LogP contribution in [0.5, 0.6) is 5.75 Å². The monoisotopic (exact) mass is 966 g/mol. The number of aromatic nitrogens is 4. The molecule has 0 saturated carbocycles. The minimum Gasteiger partial charge on any atom is -0.494 e. The molecule has 0 bridgehead atoms. The van der Waals surface area contributed by atoms with Crippen molar-refractivity contribution in [2.45, 2.75) is 31.7 Å². The Kier molecular flexibility index (Phi) is 15.9. The van der Waals surface area contributed by atoms with E-state index in [9.17, 15) is 28.8 Å². The zero-order chi connectivity index (χ0) is 49.3. The number of carbonyl (C=O) groups excluding carboxylic acids is 6. The minimum absolute atomic E-state index is 0.0483. The molecule has 70 heavy (non-hydrogen) atoms. The SMILES string of the molecule is COc1c(Nc2ncc3c(n2)-c2c(c(C(N)=O)nn2C)CC3)cc(N2CCN(C)CC2)cc1C(=O)NCCOCCOCCOCCOCCNc1cccc2c1C(=O)N(C1CCC(=O)NC1=O)C2=O. The highest BCUT2D eigenvalue weighted by Gasteiger charge is 2.45. The normalized spacial score (nSPS) is 16.7. The summed E-state index contributed by atoms with van der Waals surface area (Å²) in [7, 11) is 5.34. The lowest BCUT2D eigenvalue weighted by molar-refractivity contribution is -0.136. The van der Waals surface area contributed by atoms with Gasteiger partial charge in [0.15, 0.2) is 11.4 Å². The van der Waals surface area contributed by atoms with Crippen molar-refractivity contribution in [3.05, 3.63) is 70.0 Å². The van der Waals surface area contributed by atoms with Gasteiger partial charge in [-0.25, -0.2) is 9.97 Å². The summed E-state index contributed by atoms with van der Waals surface area (Å²) < 4.78 is 30.1. The van der Waals surface area contributed by atoms with Crippen LogP contribution in [0.25, 0.3) is 11.4 Å². The largest absolute Gasteiger partial charge is 0.494 e. The fourth-order valence-corrected chi connectivity index (χ4v) is 8.89. The standard InChI is InChI=1S/C47H58N12O11/c1-56-13-15-58(16-14-56)29-25-32(41(66-3)34(26-29)52-47-51-27-28-7-8-31-39(42(48)61)55-57(2)40(31)38(28)54-47)43(62)50-12-18-68-20-22-70-24-23-69-21-19-67-17-11-49-33-6-4-5-30-37(33)46(65)59(45(30)64)35-9-10-36(60)53-44(35)63/h4-6,25-27,35,49H,7-24H2,1-3H3,(H2,48,61)(H,50,62)(H,51,52,54)(H,53,60,63). The van der Waals surface area contributed by atoms with Crippen molar-refractivity contribution >= 4 is 58.5 Å². The van der Waals surface area contributed by atoms with Crippen molar-refractivity contribution in [2.24, 2.45) is 12.8 Å². The summed E-state index contributed by atoms with van der Waals surface area (Å²) >= 11 is 0. The Morgan fingerprint density at radius 3 is 2.23 bits per heavy atom. The molecule has 23 heteroatoms. The molecular weight excluding hydrogens is 909 g/mol. The fourth-order valence-electron chi connectivity index (χ4n) is 8.89. The smallest absolute Gasteiger partial charge is 0.269 e. The van der Waals surface area contributed by atoms with Gasteiger partial charge < -0.3 is 55.2 Å². The number of piperazine rings is 1. The molecule has 2 saturated heterocycles. The van der Waals surface area contributed by atoms with E-state index in [0.29, 0.717) is 99.7 Å². The lowest BCUT2D eigenvalue weighted by Gasteiger charge is -2.34. The number of rotatable bonds is 23. The van der Waals surface area contributed by atoms with E-state index in [2.05, 4.69) is 48.2 Å². The summed E-state index contributed by atoms with van der Waals surface area (Å²) in [6, 6.07) is 7.62. The van der Waals surface area contributed by atoms with Gasteiger partial charge in [-0.3, -0.25) is 43.7 Å². The molecule has 8 rings (SSSR count). The molecule has 0 spiro atoms. The van der Waals surface area contributed by atoms with E-state index < -0.39 is 35.6 Å². The number of aryl methyl sites for hydroxylation is 2. The van der Waals surface area contributed by atoms with Gasteiger partial charge in [-0.05, 0) is 56.1 Å². The molecule has 1 atom stereocenters. The highest BCUT2D eigenvalue weighted by Crippen LogP contribution is 2.38. The topological polar surface area (TPSA) is 276 Å². The van der Waals surface area contributed by atoms with Gasteiger partial charge in [0.25, 0.3) is 23.6 Å². The number of nitrogens with one attached hydrogen (secondary N) is 4. The first-order chi connectivity index (χ1) is 33.9. The zero-order valence-corrected chi connectivity index (χ0v) is 39.5. The second-order valence-electron chi connectivity index (χ2n) is 17.0. The van der Waals surface area contributed by atoms with Gasteiger partial charge in [-0.1, -0.05) is 6.07 Å².